The number of thioether (sulfide) groups is 1. The number of imidazole rings is 1. The topological polar surface area (TPSA) is 29.9 Å². The van der Waals surface area contributed by atoms with Gasteiger partial charge in [-0.1, -0.05) is 23.7 Å². The van der Waals surface area contributed by atoms with Gasteiger partial charge in [0.05, 0.1) is 5.02 Å². The third-order valence-electron chi connectivity index (χ3n) is 3.26. The first kappa shape index (κ1) is 15.4. The van der Waals surface area contributed by atoms with E-state index in [2.05, 4.69) is 27.9 Å². The van der Waals surface area contributed by atoms with Gasteiger partial charge in [-0.3, -0.25) is 0 Å². The first-order chi connectivity index (χ1) is 9.74. The van der Waals surface area contributed by atoms with Crippen LogP contribution >= 0.6 is 23.4 Å². The van der Waals surface area contributed by atoms with E-state index in [1.807, 2.05) is 37.6 Å². The molecule has 1 heterocycles. The third-order valence-corrected chi connectivity index (χ3v) is 4.93. The fourth-order valence-corrected chi connectivity index (χ4v) is 3.38. The van der Waals surface area contributed by atoms with Crippen LogP contribution < -0.4 is 5.32 Å². The number of rotatable bonds is 7. The summed E-state index contributed by atoms with van der Waals surface area (Å²) in [5.41, 5.74) is 0. The van der Waals surface area contributed by atoms with Crippen molar-refractivity contribution >= 4 is 23.4 Å². The number of benzene rings is 1. The highest BCUT2D eigenvalue weighted by Gasteiger charge is 2.12. The van der Waals surface area contributed by atoms with E-state index in [1.165, 1.54) is 0 Å². The van der Waals surface area contributed by atoms with E-state index in [4.69, 9.17) is 11.6 Å². The largest absolute Gasteiger partial charge is 0.335 e. The van der Waals surface area contributed by atoms with Crippen molar-refractivity contribution in [3.05, 3.63) is 47.5 Å². The second-order valence-electron chi connectivity index (χ2n) is 4.56. The van der Waals surface area contributed by atoms with Crippen molar-refractivity contribution in [2.75, 3.05) is 12.8 Å². The minimum Gasteiger partial charge on any atom is -0.335 e. The predicted octanol–water partition coefficient (Wildman–Crippen LogP) is 3.48. The minimum atomic E-state index is 0.379. The van der Waals surface area contributed by atoms with Crippen molar-refractivity contribution in [3.63, 3.8) is 0 Å². The molecule has 0 spiro atoms. The summed E-state index contributed by atoms with van der Waals surface area (Å²) in [6, 6.07) is 8.35. The van der Waals surface area contributed by atoms with E-state index in [0.29, 0.717) is 6.04 Å². The Labute approximate surface area is 129 Å². The van der Waals surface area contributed by atoms with Crippen LogP contribution in [0.2, 0.25) is 5.02 Å². The van der Waals surface area contributed by atoms with E-state index in [-0.39, 0.29) is 0 Å². The van der Waals surface area contributed by atoms with E-state index in [9.17, 15) is 0 Å². The Morgan fingerprint density at radius 1 is 1.40 bits per heavy atom. The van der Waals surface area contributed by atoms with Gasteiger partial charge in [0.1, 0.15) is 5.82 Å². The second-order valence-corrected chi connectivity index (χ2v) is 6.03. The summed E-state index contributed by atoms with van der Waals surface area (Å²) in [6.07, 6.45) is 4.82. The zero-order chi connectivity index (χ0) is 14.4. The number of hydrogen-bond acceptors (Lipinski definition) is 3. The van der Waals surface area contributed by atoms with Crippen LogP contribution in [0.1, 0.15) is 12.7 Å². The Hall–Kier alpha value is -0.970. The van der Waals surface area contributed by atoms with Gasteiger partial charge in [0.15, 0.2) is 0 Å². The van der Waals surface area contributed by atoms with Crippen LogP contribution in [0.4, 0.5) is 0 Å². The summed E-state index contributed by atoms with van der Waals surface area (Å²) in [7, 11) is 2.00. The standard InChI is InChI=1S/C15H20ClN3S/c1-3-19-9-8-18-15(19)10-12(17-2)11-20-14-7-5-4-6-13(14)16/h4-9,12,17H,3,10-11H2,1-2H3. The Balaban J connectivity index is 1.94. The molecule has 3 nitrogen and oxygen atoms in total. The van der Waals surface area contributed by atoms with Gasteiger partial charge in [-0.2, -0.15) is 0 Å². The van der Waals surface area contributed by atoms with Crippen LogP contribution in [-0.4, -0.2) is 28.4 Å². The molecule has 2 rings (SSSR count). The molecule has 1 N–H and O–H groups in total. The van der Waals surface area contributed by atoms with Gasteiger partial charge in [-0.25, -0.2) is 4.98 Å². The summed E-state index contributed by atoms with van der Waals surface area (Å²) < 4.78 is 2.19. The summed E-state index contributed by atoms with van der Waals surface area (Å²) in [5.74, 6) is 2.10. The fourth-order valence-electron chi connectivity index (χ4n) is 2.03. The molecule has 0 amide bonds. The number of aromatic nitrogens is 2. The van der Waals surface area contributed by atoms with E-state index in [0.717, 1.165) is 34.5 Å². The monoisotopic (exact) mass is 309 g/mol. The second kappa shape index (κ2) is 7.72. The minimum absolute atomic E-state index is 0.379. The summed E-state index contributed by atoms with van der Waals surface area (Å²) in [5, 5.41) is 4.19. The summed E-state index contributed by atoms with van der Waals surface area (Å²) in [6.45, 7) is 3.10. The SMILES string of the molecule is CCn1ccnc1CC(CSc1ccccc1Cl)NC. The molecule has 1 aromatic heterocycles. The first-order valence-electron chi connectivity index (χ1n) is 6.79. The van der Waals surface area contributed by atoms with Gasteiger partial charge in [0.2, 0.25) is 0 Å². The average molecular weight is 310 g/mol. The van der Waals surface area contributed by atoms with Crippen molar-refractivity contribution in [1.82, 2.24) is 14.9 Å². The van der Waals surface area contributed by atoms with Crippen LogP contribution in [0.25, 0.3) is 0 Å². The van der Waals surface area contributed by atoms with Crippen molar-refractivity contribution < 1.29 is 0 Å². The van der Waals surface area contributed by atoms with E-state index >= 15 is 0 Å². The molecular weight excluding hydrogens is 290 g/mol. The molecule has 1 aromatic carbocycles. The quantitative estimate of drug-likeness (QED) is 0.794. The normalized spacial score (nSPS) is 12.6. The maximum absolute atomic E-state index is 6.18. The van der Waals surface area contributed by atoms with Crippen LogP contribution in [0.5, 0.6) is 0 Å². The Morgan fingerprint density at radius 2 is 2.20 bits per heavy atom. The molecule has 0 aliphatic rings. The van der Waals surface area contributed by atoms with Gasteiger partial charge < -0.3 is 9.88 Å². The lowest BCUT2D eigenvalue weighted by molar-refractivity contribution is 0.573. The zero-order valence-corrected chi connectivity index (χ0v) is 13.4. The molecule has 0 aliphatic heterocycles. The zero-order valence-electron chi connectivity index (χ0n) is 11.8. The smallest absolute Gasteiger partial charge is 0.110 e. The van der Waals surface area contributed by atoms with Crippen LogP contribution in [-0.2, 0) is 13.0 Å². The Morgan fingerprint density at radius 3 is 2.90 bits per heavy atom. The van der Waals surface area contributed by atoms with Crippen LogP contribution in [0.3, 0.4) is 0 Å². The molecule has 5 heteroatoms. The molecule has 0 radical (unpaired) electrons. The molecular formula is C15H20ClN3S. The molecule has 1 unspecified atom stereocenters. The Kier molecular flexibility index (Phi) is 5.95. The maximum Gasteiger partial charge on any atom is 0.110 e. The number of nitrogens with one attached hydrogen (secondary N) is 1. The van der Waals surface area contributed by atoms with E-state index < -0.39 is 0 Å². The van der Waals surface area contributed by atoms with Gasteiger partial charge >= 0.3 is 0 Å². The summed E-state index contributed by atoms with van der Waals surface area (Å²) >= 11 is 7.97. The lowest BCUT2D eigenvalue weighted by atomic mass is 10.2. The van der Waals surface area contributed by atoms with Crippen molar-refractivity contribution in [2.45, 2.75) is 30.8 Å². The van der Waals surface area contributed by atoms with E-state index in [1.54, 1.807) is 11.8 Å². The fraction of sp³-hybridized carbons (Fsp3) is 0.400. The molecule has 0 bridgehead atoms. The highest BCUT2D eigenvalue weighted by molar-refractivity contribution is 7.99. The number of nitrogens with zero attached hydrogens (tertiary/aromatic N) is 2. The predicted molar refractivity (Wildman–Crippen MR) is 86.6 cm³/mol. The first-order valence-corrected chi connectivity index (χ1v) is 8.15. The van der Waals surface area contributed by atoms with Crippen LogP contribution in [0, 0.1) is 0 Å². The number of likely N-dealkylation sites (N-methyl/N-ethyl adjacent to an activating group) is 1. The molecule has 1 atom stereocenters. The Bertz CT molecular complexity index is 541. The molecule has 0 aliphatic carbocycles. The van der Waals surface area contributed by atoms with Crippen molar-refractivity contribution in [1.29, 1.82) is 0 Å². The number of aryl methyl sites for hydroxylation is 1. The average Bonchev–Trinajstić information content (AvgIpc) is 2.92. The molecule has 2 aromatic rings. The molecule has 0 saturated heterocycles. The van der Waals surface area contributed by atoms with Gasteiger partial charge in [-0.15, -0.1) is 11.8 Å². The number of halogens is 1. The molecule has 0 saturated carbocycles. The summed E-state index contributed by atoms with van der Waals surface area (Å²) in [4.78, 5) is 5.57. The maximum atomic E-state index is 6.18. The highest BCUT2D eigenvalue weighted by Crippen LogP contribution is 2.27. The molecule has 0 fully saturated rings. The van der Waals surface area contributed by atoms with Crippen LogP contribution in [0.15, 0.2) is 41.6 Å². The van der Waals surface area contributed by atoms with Gasteiger partial charge in [0.25, 0.3) is 0 Å². The lowest BCUT2D eigenvalue weighted by Gasteiger charge is -2.16. The van der Waals surface area contributed by atoms with Gasteiger partial charge in [0, 0.05) is 42.0 Å². The number of hydrogen-bond donors (Lipinski definition) is 1. The lowest BCUT2D eigenvalue weighted by Crippen LogP contribution is -2.31. The van der Waals surface area contributed by atoms with Gasteiger partial charge in [-0.05, 0) is 26.1 Å². The third kappa shape index (κ3) is 4.01. The van der Waals surface area contributed by atoms with Crippen molar-refractivity contribution in [2.24, 2.45) is 0 Å². The van der Waals surface area contributed by atoms with Crippen molar-refractivity contribution in [3.8, 4) is 0 Å². The molecule has 108 valence electrons. The highest BCUT2D eigenvalue weighted by atomic mass is 35.5. The molecule has 20 heavy (non-hydrogen) atoms.